The number of rotatable bonds is 7. The first kappa shape index (κ1) is 17.6. The van der Waals surface area contributed by atoms with Crippen LogP contribution in [0.2, 0.25) is 5.02 Å². The molecule has 0 aromatic heterocycles. The zero-order chi connectivity index (χ0) is 15.3. The Morgan fingerprint density at radius 2 is 1.60 bits per heavy atom. The lowest BCUT2D eigenvalue weighted by Gasteiger charge is -2.30. The fourth-order valence-electron chi connectivity index (χ4n) is 1.88. The normalized spacial score (nSPS) is 13.2. The molecule has 1 aromatic rings. The third-order valence-electron chi connectivity index (χ3n) is 3.53. The van der Waals surface area contributed by atoms with Crippen LogP contribution >= 0.6 is 27.5 Å². The van der Waals surface area contributed by atoms with Gasteiger partial charge in [-0.2, -0.15) is 0 Å². The van der Waals surface area contributed by atoms with Crippen molar-refractivity contribution in [3.05, 3.63) is 22.7 Å². The number of alkyl halides is 1. The van der Waals surface area contributed by atoms with Gasteiger partial charge in [0.05, 0.1) is 13.2 Å². The van der Waals surface area contributed by atoms with Crippen LogP contribution in [0, 0.1) is 5.41 Å². The van der Waals surface area contributed by atoms with E-state index in [1.807, 2.05) is 26.0 Å². The van der Waals surface area contributed by atoms with E-state index >= 15 is 0 Å². The predicted octanol–water partition coefficient (Wildman–Crippen LogP) is 6.01. The number of benzene rings is 1. The van der Waals surface area contributed by atoms with Crippen molar-refractivity contribution in [3.63, 3.8) is 0 Å². The molecule has 0 amide bonds. The monoisotopic (exact) mass is 362 g/mol. The van der Waals surface area contributed by atoms with Gasteiger partial charge in [0.15, 0.2) is 11.5 Å². The standard InChI is InChI=1S/C16H24BrClO2/c1-6-16(4,5)15(17)11-9-13(19-7-2)14(20-8-3)10-12(11)18/h9-10,15H,6-8H2,1-5H3. The molecule has 0 aliphatic rings. The van der Waals surface area contributed by atoms with Gasteiger partial charge in [0, 0.05) is 15.9 Å². The molecule has 0 heterocycles. The lowest BCUT2D eigenvalue weighted by molar-refractivity contribution is 0.286. The molecule has 0 aliphatic heterocycles. The van der Waals surface area contributed by atoms with E-state index in [0.717, 1.165) is 17.7 Å². The Labute approximate surface area is 135 Å². The summed E-state index contributed by atoms with van der Waals surface area (Å²) in [5, 5.41) is 0.709. The van der Waals surface area contributed by atoms with Crippen molar-refractivity contribution in [2.24, 2.45) is 5.41 Å². The maximum Gasteiger partial charge on any atom is 0.162 e. The second kappa shape index (κ2) is 7.56. The Kier molecular flexibility index (Phi) is 6.67. The average molecular weight is 364 g/mol. The second-order valence-electron chi connectivity index (χ2n) is 5.39. The largest absolute Gasteiger partial charge is 0.490 e. The summed E-state index contributed by atoms with van der Waals surface area (Å²) in [6.45, 7) is 11.7. The van der Waals surface area contributed by atoms with Crippen LogP contribution in [-0.2, 0) is 0 Å². The van der Waals surface area contributed by atoms with Crippen molar-refractivity contribution in [1.82, 2.24) is 0 Å². The van der Waals surface area contributed by atoms with Gasteiger partial charge < -0.3 is 9.47 Å². The van der Waals surface area contributed by atoms with Crippen LogP contribution in [0.25, 0.3) is 0 Å². The molecule has 1 rings (SSSR count). The van der Waals surface area contributed by atoms with Crippen LogP contribution in [0.1, 0.15) is 51.4 Å². The maximum absolute atomic E-state index is 6.43. The second-order valence-corrected chi connectivity index (χ2v) is 6.71. The lowest BCUT2D eigenvalue weighted by atomic mass is 9.83. The molecular formula is C16H24BrClO2. The molecule has 4 heteroatoms. The number of ether oxygens (including phenoxy) is 2. The Morgan fingerprint density at radius 3 is 2.05 bits per heavy atom. The average Bonchev–Trinajstić information content (AvgIpc) is 2.41. The Balaban J connectivity index is 3.24. The van der Waals surface area contributed by atoms with Crippen LogP contribution in [0.15, 0.2) is 12.1 Å². The smallest absolute Gasteiger partial charge is 0.162 e. The van der Waals surface area contributed by atoms with E-state index in [-0.39, 0.29) is 10.2 Å². The van der Waals surface area contributed by atoms with E-state index in [1.165, 1.54) is 0 Å². The summed E-state index contributed by atoms with van der Waals surface area (Å²) in [6, 6.07) is 3.85. The molecule has 0 saturated carbocycles. The van der Waals surface area contributed by atoms with Gasteiger partial charge in [-0.05, 0) is 37.3 Å². The van der Waals surface area contributed by atoms with E-state index in [4.69, 9.17) is 21.1 Å². The summed E-state index contributed by atoms with van der Waals surface area (Å²) in [5.74, 6) is 1.46. The highest BCUT2D eigenvalue weighted by atomic mass is 79.9. The van der Waals surface area contributed by atoms with Gasteiger partial charge in [-0.25, -0.2) is 0 Å². The molecular weight excluding hydrogens is 340 g/mol. The van der Waals surface area contributed by atoms with Crippen molar-refractivity contribution < 1.29 is 9.47 Å². The van der Waals surface area contributed by atoms with Crippen LogP contribution in [0.3, 0.4) is 0 Å². The fourth-order valence-corrected chi connectivity index (χ4v) is 2.98. The van der Waals surface area contributed by atoms with Gasteiger partial charge in [0.1, 0.15) is 0 Å². The van der Waals surface area contributed by atoms with E-state index in [0.29, 0.717) is 24.0 Å². The first-order valence-corrected chi connectivity index (χ1v) is 8.39. The van der Waals surface area contributed by atoms with Crippen LogP contribution in [-0.4, -0.2) is 13.2 Å². The van der Waals surface area contributed by atoms with Crippen LogP contribution in [0.5, 0.6) is 11.5 Å². The van der Waals surface area contributed by atoms with E-state index in [2.05, 4.69) is 36.7 Å². The molecule has 20 heavy (non-hydrogen) atoms. The van der Waals surface area contributed by atoms with Crippen molar-refractivity contribution in [1.29, 1.82) is 0 Å². The van der Waals surface area contributed by atoms with Crippen molar-refractivity contribution in [2.75, 3.05) is 13.2 Å². The minimum absolute atomic E-state index is 0.111. The Morgan fingerprint density at radius 1 is 1.10 bits per heavy atom. The summed E-state index contributed by atoms with van der Waals surface area (Å²) in [7, 11) is 0. The molecule has 0 radical (unpaired) electrons. The van der Waals surface area contributed by atoms with Gasteiger partial charge in [0.25, 0.3) is 0 Å². The summed E-state index contributed by atoms with van der Waals surface area (Å²) in [6.07, 6.45) is 1.05. The van der Waals surface area contributed by atoms with Crippen molar-refractivity contribution in [2.45, 2.75) is 45.9 Å². The summed E-state index contributed by atoms with van der Waals surface area (Å²) < 4.78 is 11.3. The van der Waals surface area contributed by atoms with Crippen molar-refractivity contribution >= 4 is 27.5 Å². The molecule has 1 aromatic carbocycles. The number of halogens is 2. The zero-order valence-corrected chi connectivity index (χ0v) is 15.3. The maximum atomic E-state index is 6.43. The van der Waals surface area contributed by atoms with E-state index < -0.39 is 0 Å². The molecule has 1 unspecified atom stereocenters. The highest BCUT2D eigenvalue weighted by Gasteiger charge is 2.29. The van der Waals surface area contributed by atoms with Crippen LogP contribution < -0.4 is 9.47 Å². The van der Waals surface area contributed by atoms with Gasteiger partial charge in [-0.15, -0.1) is 0 Å². The highest BCUT2D eigenvalue weighted by molar-refractivity contribution is 9.09. The van der Waals surface area contributed by atoms with Gasteiger partial charge in [-0.1, -0.05) is 48.3 Å². The third kappa shape index (κ3) is 4.05. The Bertz CT molecular complexity index is 446. The molecule has 0 spiro atoms. The summed E-state index contributed by atoms with van der Waals surface area (Å²) in [4.78, 5) is 0.169. The molecule has 0 N–H and O–H groups in total. The molecule has 0 aliphatic carbocycles. The minimum atomic E-state index is 0.111. The van der Waals surface area contributed by atoms with E-state index in [9.17, 15) is 0 Å². The Hall–Kier alpha value is -0.410. The molecule has 1 atom stereocenters. The molecule has 0 fully saturated rings. The molecule has 0 saturated heterocycles. The minimum Gasteiger partial charge on any atom is -0.490 e. The molecule has 2 nitrogen and oxygen atoms in total. The SMILES string of the molecule is CCOc1cc(Cl)c(C(Br)C(C)(C)CC)cc1OCC. The van der Waals surface area contributed by atoms with Gasteiger partial charge in [-0.3, -0.25) is 0 Å². The topological polar surface area (TPSA) is 18.5 Å². The molecule has 0 bridgehead atoms. The van der Waals surface area contributed by atoms with Crippen molar-refractivity contribution in [3.8, 4) is 11.5 Å². The van der Waals surface area contributed by atoms with Gasteiger partial charge >= 0.3 is 0 Å². The van der Waals surface area contributed by atoms with Gasteiger partial charge in [0.2, 0.25) is 0 Å². The molecule has 114 valence electrons. The lowest BCUT2D eigenvalue weighted by Crippen LogP contribution is -2.17. The van der Waals surface area contributed by atoms with Crippen LogP contribution in [0.4, 0.5) is 0 Å². The first-order chi connectivity index (χ1) is 9.37. The highest BCUT2D eigenvalue weighted by Crippen LogP contribution is 2.47. The number of hydrogen-bond acceptors (Lipinski definition) is 2. The predicted molar refractivity (Wildman–Crippen MR) is 89.5 cm³/mol. The fraction of sp³-hybridized carbons (Fsp3) is 0.625. The zero-order valence-electron chi connectivity index (χ0n) is 12.9. The number of hydrogen-bond donors (Lipinski definition) is 0. The summed E-state index contributed by atoms with van der Waals surface area (Å²) >= 11 is 10.2. The first-order valence-electron chi connectivity index (χ1n) is 7.10. The third-order valence-corrected chi connectivity index (χ3v) is 5.59. The quantitative estimate of drug-likeness (QED) is 0.552. The summed E-state index contributed by atoms with van der Waals surface area (Å²) in [5.41, 5.74) is 1.16. The van der Waals surface area contributed by atoms with E-state index in [1.54, 1.807) is 0 Å².